The molecule has 0 aromatic heterocycles. The highest BCUT2D eigenvalue weighted by atomic mass is 28.4. The summed E-state index contributed by atoms with van der Waals surface area (Å²) in [4.78, 5) is 22.7. The summed E-state index contributed by atoms with van der Waals surface area (Å²) in [5.41, 5.74) is 0.167. The van der Waals surface area contributed by atoms with Gasteiger partial charge in [-0.05, 0) is 19.9 Å². The summed E-state index contributed by atoms with van der Waals surface area (Å²) in [6.07, 6.45) is 0.481. The van der Waals surface area contributed by atoms with Gasteiger partial charge < -0.3 is 22.8 Å². The van der Waals surface area contributed by atoms with Crippen molar-refractivity contribution in [2.24, 2.45) is 0 Å². The van der Waals surface area contributed by atoms with Crippen molar-refractivity contribution in [1.29, 1.82) is 0 Å². The van der Waals surface area contributed by atoms with Crippen LogP contribution >= 0.6 is 0 Å². The molecule has 120 valence electrons. The van der Waals surface area contributed by atoms with Crippen LogP contribution in [0.4, 0.5) is 0 Å². The number of carbonyl (C=O) groups is 2. The Balaban J connectivity index is 4.12. The third-order valence-corrected chi connectivity index (χ3v) is 5.42. The molecule has 0 aromatic carbocycles. The SMILES string of the molecule is C=C(C)C(=O)OC(=C)C(=O)OCCC[Si](OC)(OC)OC. The van der Waals surface area contributed by atoms with E-state index in [0.717, 1.165) is 0 Å². The molecule has 0 bridgehead atoms. The predicted molar refractivity (Wildman–Crippen MR) is 77.2 cm³/mol. The topological polar surface area (TPSA) is 80.3 Å². The number of carbonyl (C=O) groups excluding carboxylic acids is 2. The normalized spacial score (nSPS) is 10.9. The largest absolute Gasteiger partial charge is 0.500 e. The van der Waals surface area contributed by atoms with E-state index in [1.165, 1.54) is 28.3 Å². The van der Waals surface area contributed by atoms with Crippen molar-refractivity contribution in [1.82, 2.24) is 0 Å². The van der Waals surface area contributed by atoms with Gasteiger partial charge in [-0.1, -0.05) is 6.58 Å². The zero-order valence-electron chi connectivity index (χ0n) is 12.9. The third-order valence-electron chi connectivity index (χ3n) is 2.59. The Morgan fingerprint density at radius 2 is 1.52 bits per heavy atom. The average Bonchev–Trinajstić information content (AvgIpc) is 2.47. The first-order valence-corrected chi connectivity index (χ1v) is 8.14. The van der Waals surface area contributed by atoms with Crippen molar-refractivity contribution < 1.29 is 32.3 Å². The molecule has 0 unspecified atom stereocenters. The summed E-state index contributed by atoms with van der Waals surface area (Å²) in [6, 6.07) is 0.488. The van der Waals surface area contributed by atoms with Crippen molar-refractivity contribution in [2.75, 3.05) is 27.9 Å². The molecule has 0 aliphatic heterocycles. The molecule has 0 amide bonds. The van der Waals surface area contributed by atoms with Crippen molar-refractivity contribution in [2.45, 2.75) is 19.4 Å². The molecule has 0 atom stereocenters. The molecular formula is C13H22O7Si. The monoisotopic (exact) mass is 318 g/mol. The highest BCUT2D eigenvalue weighted by Gasteiger charge is 2.37. The van der Waals surface area contributed by atoms with Crippen LogP contribution in [0.15, 0.2) is 24.5 Å². The lowest BCUT2D eigenvalue weighted by molar-refractivity contribution is -0.149. The minimum absolute atomic E-state index is 0.104. The molecular weight excluding hydrogens is 296 g/mol. The molecule has 0 saturated heterocycles. The predicted octanol–water partition coefficient (Wildman–Crippen LogP) is 1.43. The van der Waals surface area contributed by atoms with Gasteiger partial charge >= 0.3 is 20.7 Å². The standard InChI is InChI=1S/C13H22O7Si/c1-10(2)12(14)20-11(3)13(15)19-8-7-9-21(16-4,17-5)18-6/h1,3,7-9H2,2,4-6H3. The molecule has 8 heteroatoms. The van der Waals surface area contributed by atoms with Crippen molar-refractivity contribution in [3.63, 3.8) is 0 Å². The molecule has 0 radical (unpaired) electrons. The Kier molecular flexibility index (Phi) is 8.79. The lowest BCUT2D eigenvalue weighted by Crippen LogP contribution is -2.42. The number of rotatable bonds is 10. The summed E-state index contributed by atoms with van der Waals surface area (Å²) in [7, 11) is 1.84. The first-order chi connectivity index (χ1) is 9.81. The van der Waals surface area contributed by atoms with Gasteiger partial charge in [0.05, 0.1) is 6.61 Å². The van der Waals surface area contributed by atoms with Gasteiger partial charge in [0.1, 0.15) is 0 Å². The van der Waals surface area contributed by atoms with Crippen LogP contribution in [0.3, 0.4) is 0 Å². The van der Waals surface area contributed by atoms with Gasteiger partial charge in [0, 0.05) is 32.9 Å². The number of esters is 2. The molecule has 0 rings (SSSR count). The van der Waals surface area contributed by atoms with Crippen molar-refractivity contribution in [3.8, 4) is 0 Å². The van der Waals surface area contributed by atoms with Crippen LogP contribution in [0.2, 0.25) is 6.04 Å². The second-order valence-corrected chi connectivity index (χ2v) is 7.22. The molecule has 0 spiro atoms. The minimum atomic E-state index is -2.67. The smallest absolute Gasteiger partial charge is 0.460 e. The fraction of sp³-hybridized carbons (Fsp3) is 0.538. The Hall–Kier alpha value is -1.48. The second-order valence-electron chi connectivity index (χ2n) is 4.13. The zero-order valence-corrected chi connectivity index (χ0v) is 13.9. The maximum atomic E-state index is 11.5. The van der Waals surface area contributed by atoms with E-state index in [4.69, 9.17) is 18.0 Å². The van der Waals surface area contributed by atoms with E-state index >= 15 is 0 Å². The van der Waals surface area contributed by atoms with Crippen LogP contribution < -0.4 is 0 Å². The molecule has 0 saturated carbocycles. The van der Waals surface area contributed by atoms with Gasteiger partial charge in [-0.15, -0.1) is 0 Å². The van der Waals surface area contributed by atoms with E-state index < -0.39 is 20.7 Å². The number of hydrogen-bond acceptors (Lipinski definition) is 7. The lowest BCUT2D eigenvalue weighted by Gasteiger charge is -2.24. The zero-order chi connectivity index (χ0) is 16.5. The number of ether oxygens (including phenoxy) is 2. The molecule has 7 nitrogen and oxygen atoms in total. The fourth-order valence-electron chi connectivity index (χ4n) is 1.33. The molecule has 0 aromatic rings. The van der Waals surface area contributed by atoms with E-state index in [1.807, 2.05) is 0 Å². The van der Waals surface area contributed by atoms with E-state index in [2.05, 4.69) is 17.9 Å². The third kappa shape index (κ3) is 6.67. The average molecular weight is 318 g/mol. The molecule has 21 heavy (non-hydrogen) atoms. The summed E-state index contributed by atoms with van der Waals surface area (Å²) in [5, 5.41) is 0. The Bertz CT molecular complexity index is 393. The van der Waals surface area contributed by atoms with Crippen molar-refractivity contribution in [3.05, 3.63) is 24.5 Å². The Morgan fingerprint density at radius 1 is 1.00 bits per heavy atom. The molecule has 0 heterocycles. The van der Waals surface area contributed by atoms with Gasteiger partial charge in [0.15, 0.2) is 0 Å². The summed E-state index contributed by atoms with van der Waals surface area (Å²) >= 11 is 0. The fourth-order valence-corrected chi connectivity index (χ4v) is 3.02. The summed E-state index contributed by atoms with van der Waals surface area (Å²) in [5.74, 6) is -1.90. The second kappa shape index (κ2) is 9.45. The number of hydrogen-bond donors (Lipinski definition) is 0. The van der Waals surface area contributed by atoms with E-state index in [9.17, 15) is 9.59 Å². The van der Waals surface area contributed by atoms with Gasteiger partial charge in [-0.3, -0.25) is 0 Å². The van der Waals surface area contributed by atoms with Crippen LogP contribution in [0, 0.1) is 0 Å². The molecule has 0 N–H and O–H groups in total. The maximum absolute atomic E-state index is 11.5. The van der Waals surface area contributed by atoms with Gasteiger partial charge in [0.25, 0.3) is 0 Å². The first-order valence-electron chi connectivity index (χ1n) is 6.21. The lowest BCUT2D eigenvalue weighted by atomic mass is 10.4. The molecule has 0 aliphatic rings. The van der Waals surface area contributed by atoms with Crippen LogP contribution in [0.25, 0.3) is 0 Å². The highest BCUT2D eigenvalue weighted by Crippen LogP contribution is 2.15. The van der Waals surface area contributed by atoms with Gasteiger partial charge in [0.2, 0.25) is 5.76 Å². The van der Waals surface area contributed by atoms with Crippen LogP contribution in [-0.2, 0) is 32.3 Å². The van der Waals surface area contributed by atoms with Crippen LogP contribution in [0.1, 0.15) is 13.3 Å². The van der Waals surface area contributed by atoms with E-state index in [0.29, 0.717) is 12.5 Å². The minimum Gasteiger partial charge on any atom is -0.460 e. The van der Waals surface area contributed by atoms with Crippen molar-refractivity contribution >= 4 is 20.7 Å². The summed E-state index contributed by atoms with van der Waals surface area (Å²) in [6.45, 7) is 8.29. The van der Waals surface area contributed by atoms with E-state index in [1.54, 1.807) is 0 Å². The Labute approximate surface area is 125 Å². The van der Waals surface area contributed by atoms with Gasteiger partial charge in [-0.2, -0.15) is 0 Å². The maximum Gasteiger partial charge on any atom is 0.500 e. The highest BCUT2D eigenvalue weighted by molar-refractivity contribution is 6.60. The van der Waals surface area contributed by atoms with Gasteiger partial charge in [-0.25, -0.2) is 9.59 Å². The Morgan fingerprint density at radius 3 is 1.95 bits per heavy atom. The summed E-state index contributed by atoms with van der Waals surface area (Å²) < 4.78 is 25.3. The van der Waals surface area contributed by atoms with Crippen LogP contribution in [-0.4, -0.2) is 48.7 Å². The van der Waals surface area contributed by atoms with Crippen LogP contribution in [0.5, 0.6) is 0 Å². The molecule has 0 aliphatic carbocycles. The first kappa shape index (κ1) is 19.5. The molecule has 0 fully saturated rings. The quantitative estimate of drug-likeness (QED) is 0.198. The van der Waals surface area contributed by atoms with E-state index in [-0.39, 0.29) is 17.9 Å².